The van der Waals surface area contributed by atoms with E-state index in [9.17, 15) is 8.42 Å². The zero-order valence-electron chi connectivity index (χ0n) is 9.84. The first kappa shape index (κ1) is 15.0. The van der Waals surface area contributed by atoms with E-state index in [0.717, 1.165) is 0 Å². The Morgan fingerprint density at radius 3 is 2.55 bits per heavy atom. The predicted molar refractivity (Wildman–Crippen MR) is 81.6 cm³/mol. The van der Waals surface area contributed by atoms with E-state index in [-0.39, 0.29) is 4.90 Å². The maximum atomic E-state index is 12.2. The molecule has 2 aromatic rings. The third-order valence-electron chi connectivity index (χ3n) is 2.33. The van der Waals surface area contributed by atoms with Crippen LogP contribution in [0.25, 0.3) is 0 Å². The molecule has 5 nitrogen and oxygen atoms in total. The van der Waals surface area contributed by atoms with Crippen LogP contribution in [0.15, 0.2) is 50.5 Å². The Kier molecular flexibility index (Phi) is 4.42. The van der Waals surface area contributed by atoms with Crippen molar-refractivity contribution in [2.45, 2.75) is 4.90 Å². The highest BCUT2D eigenvalue weighted by molar-refractivity contribution is 9.10. The Balaban J connectivity index is 2.36. The molecule has 0 unspecified atom stereocenters. The minimum Gasteiger partial charge on any atom is -0.278 e. The lowest BCUT2D eigenvalue weighted by atomic mass is 10.2. The van der Waals surface area contributed by atoms with Crippen LogP contribution in [0.1, 0.15) is 5.56 Å². The third-order valence-corrected chi connectivity index (χ3v) is 4.75. The first-order valence-electron chi connectivity index (χ1n) is 5.25. The molecule has 0 amide bonds. The minimum absolute atomic E-state index is 0.0446. The van der Waals surface area contributed by atoms with Gasteiger partial charge in [0.25, 0.3) is 10.0 Å². The van der Waals surface area contributed by atoms with Crippen molar-refractivity contribution >= 4 is 47.6 Å². The normalized spacial score (nSPS) is 10.8. The summed E-state index contributed by atoms with van der Waals surface area (Å²) in [7, 11) is -3.73. The number of pyridine rings is 1. The molecule has 0 aliphatic rings. The molecule has 1 aromatic heterocycles. The van der Waals surface area contributed by atoms with Crippen LogP contribution < -0.4 is 4.72 Å². The van der Waals surface area contributed by atoms with Gasteiger partial charge in [-0.25, -0.2) is 8.42 Å². The Labute approximate surface area is 133 Å². The molecular formula is C12H7Br2N3O2S. The zero-order valence-corrected chi connectivity index (χ0v) is 13.8. The average Bonchev–Trinajstić information content (AvgIpc) is 2.41. The van der Waals surface area contributed by atoms with Crippen molar-refractivity contribution in [3.8, 4) is 6.07 Å². The molecule has 1 heterocycles. The van der Waals surface area contributed by atoms with Crippen molar-refractivity contribution in [2.24, 2.45) is 0 Å². The van der Waals surface area contributed by atoms with Gasteiger partial charge in [-0.2, -0.15) is 5.26 Å². The number of nitriles is 1. The lowest BCUT2D eigenvalue weighted by molar-refractivity contribution is 0.600. The molecule has 0 fully saturated rings. The number of aromatic nitrogens is 1. The number of benzene rings is 1. The summed E-state index contributed by atoms with van der Waals surface area (Å²) < 4.78 is 27.9. The number of hydrogen-bond donors (Lipinski definition) is 1. The Morgan fingerprint density at radius 1 is 1.20 bits per heavy atom. The Bertz CT molecular complexity index is 801. The fraction of sp³-hybridized carbons (Fsp3) is 0. The van der Waals surface area contributed by atoms with Crippen LogP contribution in [0.4, 0.5) is 5.69 Å². The molecule has 0 spiro atoms. The molecule has 0 atom stereocenters. The molecule has 102 valence electrons. The summed E-state index contributed by atoms with van der Waals surface area (Å²) in [5.41, 5.74) is 0.785. The molecule has 2 rings (SSSR count). The van der Waals surface area contributed by atoms with Crippen LogP contribution in [0, 0.1) is 11.3 Å². The molecule has 0 saturated heterocycles. The van der Waals surface area contributed by atoms with Gasteiger partial charge in [-0.05, 0) is 56.1 Å². The molecule has 0 aliphatic carbocycles. The topological polar surface area (TPSA) is 82.9 Å². The average molecular weight is 417 g/mol. The van der Waals surface area contributed by atoms with Gasteiger partial charge in [-0.15, -0.1) is 0 Å². The van der Waals surface area contributed by atoms with E-state index in [4.69, 9.17) is 5.26 Å². The first-order chi connectivity index (χ1) is 9.42. The monoisotopic (exact) mass is 415 g/mol. The molecule has 1 aromatic carbocycles. The largest absolute Gasteiger partial charge is 0.278 e. The molecule has 1 N–H and O–H groups in total. The molecule has 0 aliphatic heterocycles. The highest BCUT2D eigenvalue weighted by atomic mass is 79.9. The lowest BCUT2D eigenvalue weighted by Crippen LogP contribution is -2.13. The third kappa shape index (κ3) is 3.36. The van der Waals surface area contributed by atoms with Gasteiger partial charge in [-0.3, -0.25) is 9.71 Å². The minimum atomic E-state index is -3.73. The van der Waals surface area contributed by atoms with E-state index >= 15 is 0 Å². The summed E-state index contributed by atoms with van der Waals surface area (Å²) in [6.07, 6.45) is 2.75. The van der Waals surface area contributed by atoms with Crippen LogP contribution in [0.5, 0.6) is 0 Å². The second-order valence-corrected chi connectivity index (χ2v) is 7.20. The van der Waals surface area contributed by atoms with E-state index in [2.05, 4.69) is 41.6 Å². The highest BCUT2D eigenvalue weighted by Crippen LogP contribution is 2.26. The van der Waals surface area contributed by atoms with Crippen LogP contribution in [-0.4, -0.2) is 13.4 Å². The second kappa shape index (κ2) is 5.91. The van der Waals surface area contributed by atoms with Gasteiger partial charge < -0.3 is 0 Å². The molecule has 0 bridgehead atoms. The summed E-state index contributed by atoms with van der Waals surface area (Å²) in [5, 5.41) is 8.77. The number of hydrogen-bond acceptors (Lipinski definition) is 4. The zero-order chi connectivity index (χ0) is 14.8. The summed E-state index contributed by atoms with van der Waals surface area (Å²) in [6.45, 7) is 0. The van der Waals surface area contributed by atoms with Crippen LogP contribution >= 0.6 is 31.9 Å². The van der Waals surface area contributed by atoms with Gasteiger partial charge in [0, 0.05) is 21.3 Å². The van der Waals surface area contributed by atoms with Crippen molar-refractivity contribution in [1.29, 1.82) is 5.26 Å². The van der Waals surface area contributed by atoms with Crippen LogP contribution in [0.3, 0.4) is 0 Å². The highest BCUT2D eigenvalue weighted by Gasteiger charge is 2.16. The van der Waals surface area contributed by atoms with Crippen LogP contribution in [-0.2, 0) is 10.0 Å². The van der Waals surface area contributed by atoms with Crippen molar-refractivity contribution in [3.63, 3.8) is 0 Å². The number of nitrogens with one attached hydrogen (secondary N) is 1. The number of sulfonamides is 1. The number of anilines is 1. The quantitative estimate of drug-likeness (QED) is 0.832. The summed E-state index contributed by atoms with van der Waals surface area (Å²) in [5.74, 6) is 0. The predicted octanol–water partition coefficient (Wildman–Crippen LogP) is 3.28. The summed E-state index contributed by atoms with van der Waals surface area (Å²) in [4.78, 5) is 3.87. The fourth-order valence-electron chi connectivity index (χ4n) is 1.41. The molecule has 20 heavy (non-hydrogen) atoms. The summed E-state index contributed by atoms with van der Waals surface area (Å²) in [6, 6.07) is 8.01. The molecular weight excluding hydrogens is 410 g/mol. The smallest absolute Gasteiger partial charge is 0.263 e. The Morgan fingerprint density at radius 2 is 1.95 bits per heavy atom. The van der Waals surface area contributed by atoms with E-state index in [1.807, 2.05) is 6.07 Å². The molecule has 8 heteroatoms. The van der Waals surface area contributed by atoms with E-state index in [1.165, 1.54) is 36.7 Å². The number of halogens is 2. The lowest BCUT2D eigenvalue weighted by Gasteiger charge is -2.09. The Hall–Kier alpha value is -1.43. The SMILES string of the molecule is N#Cc1ccc(NS(=O)(=O)c2cncc(Br)c2)c(Br)c1. The molecule has 0 saturated carbocycles. The van der Waals surface area contributed by atoms with Gasteiger partial charge in [0.2, 0.25) is 0 Å². The van der Waals surface area contributed by atoms with Gasteiger partial charge in [0.15, 0.2) is 0 Å². The van der Waals surface area contributed by atoms with E-state index < -0.39 is 10.0 Å². The fourth-order valence-corrected chi connectivity index (χ4v) is 3.60. The maximum Gasteiger partial charge on any atom is 0.263 e. The van der Waals surface area contributed by atoms with Gasteiger partial charge in [0.1, 0.15) is 4.90 Å². The van der Waals surface area contributed by atoms with Crippen molar-refractivity contribution < 1.29 is 8.42 Å². The van der Waals surface area contributed by atoms with E-state index in [0.29, 0.717) is 20.2 Å². The molecule has 0 radical (unpaired) electrons. The van der Waals surface area contributed by atoms with Crippen LogP contribution in [0.2, 0.25) is 0 Å². The number of rotatable bonds is 3. The number of nitrogens with zero attached hydrogens (tertiary/aromatic N) is 2. The van der Waals surface area contributed by atoms with Gasteiger partial charge in [0.05, 0.1) is 17.3 Å². The van der Waals surface area contributed by atoms with Crippen molar-refractivity contribution in [1.82, 2.24) is 4.98 Å². The van der Waals surface area contributed by atoms with Gasteiger partial charge in [-0.1, -0.05) is 0 Å². The summed E-state index contributed by atoms with van der Waals surface area (Å²) >= 11 is 6.40. The van der Waals surface area contributed by atoms with Crippen molar-refractivity contribution in [3.05, 3.63) is 51.2 Å². The maximum absolute atomic E-state index is 12.2. The van der Waals surface area contributed by atoms with Crippen molar-refractivity contribution in [2.75, 3.05) is 4.72 Å². The second-order valence-electron chi connectivity index (χ2n) is 3.75. The van der Waals surface area contributed by atoms with Gasteiger partial charge >= 0.3 is 0 Å². The first-order valence-corrected chi connectivity index (χ1v) is 8.32. The standard InChI is InChI=1S/C12H7Br2N3O2S/c13-9-4-10(7-16-6-9)20(18,19)17-12-2-1-8(5-15)3-11(12)14/h1-4,6-7,17H. The van der Waals surface area contributed by atoms with E-state index in [1.54, 1.807) is 0 Å².